The fourth-order valence-electron chi connectivity index (χ4n) is 3.63. The van der Waals surface area contributed by atoms with Crippen LogP contribution in [-0.2, 0) is 11.3 Å². The predicted octanol–water partition coefficient (Wildman–Crippen LogP) is 4.10. The third-order valence-corrected chi connectivity index (χ3v) is 5.57. The summed E-state index contributed by atoms with van der Waals surface area (Å²) in [6, 6.07) is 10.2. The molecule has 0 aromatic heterocycles. The Bertz CT molecular complexity index is 848. The minimum absolute atomic E-state index is 0.000233. The van der Waals surface area contributed by atoms with Gasteiger partial charge in [0.2, 0.25) is 5.91 Å². The summed E-state index contributed by atoms with van der Waals surface area (Å²) >= 11 is 6.12. The normalized spacial score (nSPS) is 17.4. The van der Waals surface area contributed by atoms with Crippen LogP contribution in [0.2, 0.25) is 5.02 Å². The van der Waals surface area contributed by atoms with E-state index >= 15 is 0 Å². The van der Waals surface area contributed by atoms with Crippen molar-refractivity contribution in [3.05, 3.63) is 52.8 Å². The zero-order valence-electron chi connectivity index (χ0n) is 15.4. The van der Waals surface area contributed by atoms with Crippen molar-refractivity contribution in [1.82, 2.24) is 4.90 Å². The average Bonchev–Trinajstić information content (AvgIpc) is 2.71. The molecule has 0 spiro atoms. The lowest BCUT2D eigenvalue weighted by molar-refractivity contribution is -0.121. The Morgan fingerprint density at radius 3 is 2.64 bits per heavy atom. The molecule has 0 saturated carbocycles. The largest absolute Gasteiger partial charge is 0.486 e. The summed E-state index contributed by atoms with van der Waals surface area (Å²) < 4.78 is 25.0. The van der Waals surface area contributed by atoms with Gasteiger partial charge in [-0.2, -0.15) is 0 Å². The highest BCUT2D eigenvalue weighted by atomic mass is 35.5. The third kappa shape index (κ3) is 4.23. The third-order valence-electron chi connectivity index (χ3n) is 5.21. The van der Waals surface area contributed by atoms with Crippen LogP contribution in [0.15, 0.2) is 36.4 Å². The van der Waals surface area contributed by atoms with Gasteiger partial charge in [-0.3, -0.25) is 9.69 Å². The van der Waals surface area contributed by atoms with Crippen LogP contribution in [0.4, 0.5) is 10.1 Å². The highest BCUT2D eigenvalue weighted by Crippen LogP contribution is 2.33. The van der Waals surface area contributed by atoms with Crippen molar-refractivity contribution in [2.24, 2.45) is 5.92 Å². The van der Waals surface area contributed by atoms with Crippen LogP contribution < -0.4 is 14.8 Å². The number of carbonyl (C=O) groups is 1. The maximum absolute atomic E-state index is 14.0. The first-order valence-corrected chi connectivity index (χ1v) is 9.84. The number of nitrogens with zero attached hydrogens (tertiary/aromatic N) is 1. The van der Waals surface area contributed by atoms with Crippen molar-refractivity contribution in [1.29, 1.82) is 0 Å². The molecule has 1 N–H and O–H groups in total. The molecule has 2 aliphatic rings. The number of anilines is 1. The SMILES string of the molecule is O=C(Nc1ccc2c(c1)OCCO2)C1CCN(Cc2c(F)cccc2Cl)CC1. The number of hydrogen-bond donors (Lipinski definition) is 1. The molecule has 1 saturated heterocycles. The molecule has 0 atom stereocenters. The van der Waals surface area contributed by atoms with Crippen LogP contribution in [0.3, 0.4) is 0 Å². The number of halogens is 2. The van der Waals surface area contributed by atoms with E-state index < -0.39 is 0 Å². The summed E-state index contributed by atoms with van der Waals surface area (Å²) in [4.78, 5) is 14.8. The van der Waals surface area contributed by atoms with Crippen LogP contribution in [0.25, 0.3) is 0 Å². The molecule has 5 nitrogen and oxygen atoms in total. The van der Waals surface area contributed by atoms with Crippen LogP contribution in [0.1, 0.15) is 18.4 Å². The zero-order chi connectivity index (χ0) is 19.5. The van der Waals surface area contributed by atoms with Gasteiger partial charge in [0, 0.05) is 34.8 Å². The van der Waals surface area contributed by atoms with Crippen molar-refractivity contribution in [3.8, 4) is 11.5 Å². The molecule has 0 aliphatic carbocycles. The van der Waals surface area contributed by atoms with E-state index in [-0.39, 0.29) is 17.6 Å². The van der Waals surface area contributed by atoms with Gasteiger partial charge < -0.3 is 14.8 Å². The minimum atomic E-state index is -0.286. The van der Waals surface area contributed by atoms with E-state index in [4.69, 9.17) is 21.1 Å². The molecule has 2 aromatic carbocycles. The molecule has 0 radical (unpaired) electrons. The fourth-order valence-corrected chi connectivity index (χ4v) is 3.85. The number of carbonyl (C=O) groups excluding carboxylic acids is 1. The molecule has 4 rings (SSSR count). The van der Waals surface area contributed by atoms with Crippen LogP contribution in [0, 0.1) is 11.7 Å². The van der Waals surface area contributed by atoms with E-state index in [0.29, 0.717) is 47.5 Å². The lowest BCUT2D eigenvalue weighted by atomic mass is 9.95. The lowest BCUT2D eigenvalue weighted by Gasteiger charge is -2.31. The zero-order valence-corrected chi connectivity index (χ0v) is 16.2. The quantitative estimate of drug-likeness (QED) is 0.833. The van der Waals surface area contributed by atoms with Gasteiger partial charge in [-0.15, -0.1) is 0 Å². The van der Waals surface area contributed by atoms with Crippen LogP contribution in [0.5, 0.6) is 11.5 Å². The molecule has 7 heteroatoms. The van der Waals surface area contributed by atoms with Crippen molar-refractivity contribution < 1.29 is 18.7 Å². The van der Waals surface area contributed by atoms with Gasteiger partial charge in [0.1, 0.15) is 19.0 Å². The van der Waals surface area contributed by atoms with Gasteiger partial charge in [-0.05, 0) is 50.2 Å². The van der Waals surface area contributed by atoms with E-state index in [9.17, 15) is 9.18 Å². The van der Waals surface area contributed by atoms with Gasteiger partial charge in [-0.1, -0.05) is 17.7 Å². The summed E-state index contributed by atoms with van der Waals surface area (Å²) in [6.45, 7) is 2.96. The Hall–Kier alpha value is -2.31. The molecular weight excluding hydrogens is 383 g/mol. The van der Waals surface area contributed by atoms with Gasteiger partial charge >= 0.3 is 0 Å². The molecule has 0 unspecified atom stereocenters. The number of nitrogens with one attached hydrogen (secondary N) is 1. The second-order valence-corrected chi connectivity index (χ2v) is 7.51. The van der Waals surface area contributed by atoms with Gasteiger partial charge in [0.25, 0.3) is 0 Å². The molecule has 1 fully saturated rings. The molecule has 2 heterocycles. The smallest absolute Gasteiger partial charge is 0.227 e. The first kappa shape index (κ1) is 19.0. The van der Waals surface area contributed by atoms with Gasteiger partial charge in [0.15, 0.2) is 11.5 Å². The summed E-state index contributed by atoms with van der Waals surface area (Å²) in [5.41, 5.74) is 1.22. The van der Waals surface area contributed by atoms with Crippen molar-refractivity contribution in [3.63, 3.8) is 0 Å². The number of rotatable bonds is 4. The number of ether oxygens (including phenoxy) is 2. The molecular formula is C21H22ClFN2O3. The maximum Gasteiger partial charge on any atom is 0.227 e. The minimum Gasteiger partial charge on any atom is -0.486 e. The molecule has 28 heavy (non-hydrogen) atoms. The summed E-state index contributed by atoms with van der Waals surface area (Å²) in [7, 11) is 0. The van der Waals surface area contributed by atoms with Crippen molar-refractivity contribution in [2.75, 3.05) is 31.6 Å². The molecule has 2 aliphatic heterocycles. The number of amides is 1. The van der Waals surface area contributed by atoms with Crippen LogP contribution >= 0.6 is 11.6 Å². The molecule has 1 amide bonds. The number of hydrogen-bond acceptors (Lipinski definition) is 4. The Morgan fingerprint density at radius 2 is 1.89 bits per heavy atom. The molecule has 148 valence electrons. The highest BCUT2D eigenvalue weighted by molar-refractivity contribution is 6.31. The van der Waals surface area contributed by atoms with Crippen molar-refractivity contribution >= 4 is 23.2 Å². The first-order chi connectivity index (χ1) is 13.6. The van der Waals surface area contributed by atoms with Gasteiger partial charge in [-0.25, -0.2) is 4.39 Å². The Labute approximate surface area is 168 Å². The maximum atomic E-state index is 14.0. The summed E-state index contributed by atoms with van der Waals surface area (Å²) in [5, 5.41) is 3.41. The summed E-state index contributed by atoms with van der Waals surface area (Å²) in [5.74, 6) is 0.997. The number of likely N-dealkylation sites (tertiary alicyclic amines) is 1. The second-order valence-electron chi connectivity index (χ2n) is 7.10. The van der Waals surface area contributed by atoms with Crippen LogP contribution in [-0.4, -0.2) is 37.1 Å². The van der Waals surface area contributed by atoms with Crippen molar-refractivity contribution in [2.45, 2.75) is 19.4 Å². The average molecular weight is 405 g/mol. The van der Waals surface area contributed by atoms with E-state index in [1.165, 1.54) is 6.07 Å². The fraction of sp³-hybridized carbons (Fsp3) is 0.381. The van der Waals surface area contributed by atoms with E-state index in [1.54, 1.807) is 18.2 Å². The molecule has 2 aromatic rings. The number of piperidine rings is 1. The highest BCUT2D eigenvalue weighted by Gasteiger charge is 2.26. The van der Waals surface area contributed by atoms with E-state index in [0.717, 1.165) is 25.9 Å². The number of benzene rings is 2. The Balaban J connectivity index is 1.32. The van der Waals surface area contributed by atoms with E-state index in [1.807, 2.05) is 12.1 Å². The Morgan fingerprint density at radius 1 is 1.14 bits per heavy atom. The first-order valence-electron chi connectivity index (χ1n) is 9.46. The summed E-state index contributed by atoms with van der Waals surface area (Å²) in [6.07, 6.45) is 1.45. The topological polar surface area (TPSA) is 50.8 Å². The molecule has 0 bridgehead atoms. The Kier molecular flexibility index (Phi) is 5.69. The predicted molar refractivity (Wildman–Crippen MR) is 105 cm³/mol. The lowest BCUT2D eigenvalue weighted by Crippen LogP contribution is -2.38. The second kappa shape index (κ2) is 8.37. The monoisotopic (exact) mass is 404 g/mol. The van der Waals surface area contributed by atoms with Gasteiger partial charge in [0.05, 0.1) is 0 Å². The standard InChI is InChI=1S/C21H22ClFN2O3/c22-17-2-1-3-18(23)16(17)13-25-8-6-14(7-9-25)21(26)24-15-4-5-19-20(12-15)28-11-10-27-19/h1-5,12,14H,6-11,13H2,(H,24,26). The number of fused-ring (bicyclic) bond motifs is 1. The van der Waals surface area contributed by atoms with E-state index in [2.05, 4.69) is 10.2 Å².